The Morgan fingerprint density at radius 2 is 1.68 bits per heavy atom. The first-order chi connectivity index (χ1) is 18.0. The minimum atomic E-state index is -0.867. The van der Waals surface area contributed by atoms with E-state index in [1.165, 1.54) is 4.90 Å². The van der Waals surface area contributed by atoms with Crippen LogP contribution in [0.15, 0.2) is 53.5 Å². The predicted octanol–water partition coefficient (Wildman–Crippen LogP) is 3.44. The number of hydrogen-bond donors (Lipinski definition) is 1. The minimum absolute atomic E-state index is 0.0344. The van der Waals surface area contributed by atoms with E-state index in [4.69, 9.17) is 4.99 Å². The van der Waals surface area contributed by atoms with Crippen molar-refractivity contribution in [3.8, 4) is 22.5 Å². The van der Waals surface area contributed by atoms with Crippen LogP contribution in [0, 0.1) is 0 Å². The lowest BCUT2D eigenvalue weighted by atomic mass is 9.95. The maximum Gasteiger partial charge on any atom is 0.329 e. The van der Waals surface area contributed by atoms with Crippen molar-refractivity contribution in [3.05, 3.63) is 54.1 Å². The first-order valence-electron chi connectivity index (χ1n) is 12.9. The van der Waals surface area contributed by atoms with Crippen LogP contribution in [-0.2, 0) is 11.3 Å². The van der Waals surface area contributed by atoms with Gasteiger partial charge in [-0.1, -0.05) is 48.5 Å². The number of fused-ring (bicyclic) bond motifs is 1. The van der Waals surface area contributed by atoms with Gasteiger partial charge in [-0.25, -0.2) is 9.79 Å². The van der Waals surface area contributed by atoms with Gasteiger partial charge in [0.15, 0.2) is 11.7 Å². The molecule has 2 unspecified atom stereocenters. The van der Waals surface area contributed by atoms with Crippen molar-refractivity contribution in [2.24, 2.45) is 4.99 Å². The first-order valence-corrected chi connectivity index (χ1v) is 12.9. The summed E-state index contributed by atoms with van der Waals surface area (Å²) >= 11 is 0. The number of tetrazole rings is 1. The van der Waals surface area contributed by atoms with Gasteiger partial charge < -0.3 is 4.90 Å². The molecule has 1 aromatic heterocycles. The summed E-state index contributed by atoms with van der Waals surface area (Å²) in [5.74, 6) is 1.23. The molecule has 4 aliphatic rings. The molecule has 3 heterocycles. The van der Waals surface area contributed by atoms with Gasteiger partial charge in [0.25, 0.3) is 5.91 Å². The Morgan fingerprint density at radius 1 is 0.973 bits per heavy atom. The van der Waals surface area contributed by atoms with Crippen LogP contribution in [-0.4, -0.2) is 76.9 Å². The highest BCUT2D eigenvalue weighted by Gasteiger charge is 2.64. The molecule has 0 bridgehead atoms. The van der Waals surface area contributed by atoms with Crippen LogP contribution >= 0.6 is 0 Å². The number of amidine groups is 1. The van der Waals surface area contributed by atoms with E-state index >= 15 is 0 Å². The van der Waals surface area contributed by atoms with Crippen molar-refractivity contribution in [1.82, 2.24) is 35.3 Å². The molecule has 2 atom stereocenters. The Kier molecular flexibility index (Phi) is 4.76. The molecule has 10 nitrogen and oxygen atoms in total. The number of aliphatic imine (C=N–C) groups is 1. The number of rotatable bonds is 6. The van der Waals surface area contributed by atoms with E-state index in [2.05, 4.69) is 49.8 Å². The zero-order valence-electron chi connectivity index (χ0n) is 20.8. The van der Waals surface area contributed by atoms with Crippen molar-refractivity contribution in [2.75, 3.05) is 0 Å². The van der Waals surface area contributed by atoms with Gasteiger partial charge in [-0.05, 0) is 61.4 Å². The third-order valence-corrected chi connectivity index (χ3v) is 7.96. The second-order valence-corrected chi connectivity index (χ2v) is 10.6. The molecule has 0 radical (unpaired) electrons. The minimum Gasteiger partial charge on any atom is -0.340 e. The SMILES string of the molecule is CC1=NC2(C)C(C(=O)N(C3CC3)C(=O)N2C2CC2)N1Cc1ccc(-c2ccccc2-c2nn[nH]n2)cc1. The monoisotopic (exact) mass is 496 g/mol. The molecular weight excluding hydrogens is 468 g/mol. The summed E-state index contributed by atoms with van der Waals surface area (Å²) in [6, 6.07) is 15.8. The van der Waals surface area contributed by atoms with Crippen LogP contribution in [0.3, 0.4) is 0 Å². The average Bonchev–Trinajstić information content (AvgIpc) is 3.82. The average molecular weight is 497 g/mol. The van der Waals surface area contributed by atoms with Crippen LogP contribution in [0.4, 0.5) is 4.79 Å². The molecule has 3 fully saturated rings. The summed E-state index contributed by atoms with van der Waals surface area (Å²) in [5.41, 5.74) is 3.16. The van der Waals surface area contributed by atoms with Gasteiger partial charge in [-0.15, -0.1) is 10.2 Å². The van der Waals surface area contributed by atoms with Crippen molar-refractivity contribution >= 4 is 17.8 Å². The van der Waals surface area contributed by atoms with Crippen molar-refractivity contribution in [3.63, 3.8) is 0 Å². The molecule has 37 heavy (non-hydrogen) atoms. The van der Waals surface area contributed by atoms with E-state index in [1.54, 1.807) is 0 Å². The molecule has 7 rings (SSSR count). The summed E-state index contributed by atoms with van der Waals surface area (Å²) in [7, 11) is 0. The highest BCUT2D eigenvalue weighted by atomic mass is 16.2. The van der Waals surface area contributed by atoms with Gasteiger partial charge in [0, 0.05) is 24.2 Å². The van der Waals surface area contributed by atoms with Crippen molar-refractivity contribution < 1.29 is 9.59 Å². The van der Waals surface area contributed by atoms with Gasteiger partial charge in [0.05, 0.1) is 5.84 Å². The van der Waals surface area contributed by atoms with E-state index in [-0.39, 0.29) is 24.0 Å². The molecule has 2 aliphatic heterocycles. The van der Waals surface area contributed by atoms with E-state index < -0.39 is 11.7 Å². The zero-order chi connectivity index (χ0) is 25.3. The highest BCUT2D eigenvalue weighted by Crippen LogP contribution is 2.46. The van der Waals surface area contributed by atoms with Gasteiger partial charge in [-0.2, -0.15) is 5.21 Å². The van der Waals surface area contributed by atoms with Crippen molar-refractivity contribution in [2.45, 2.75) is 69.9 Å². The molecule has 3 amide bonds. The topological polar surface area (TPSA) is 111 Å². The largest absolute Gasteiger partial charge is 0.340 e. The van der Waals surface area contributed by atoms with Crippen molar-refractivity contribution in [1.29, 1.82) is 0 Å². The second-order valence-electron chi connectivity index (χ2n) is 10.6. The Balaban J connectivity index is 1.19. The number of hydrogen-bond acceptors (Lipinski definition) is 7. The first kappa shape index (κ1) is 22.1. The molecule has 3 aromatic rings. The smallest absolute Gasteiger partial charge is 0.329 e. The van der Waals surface area contributed by atoms with Gasteiger partial charge in [0.1, 0.15) is 0 Å². The Morgan fingerprint density at radius 3 is 2.32 bits per heavy atom. The molecule has 188 valence electrons. The molecular formula is C27H28N8O2. The molecule has 1 saturated heterocycles. The maximum absolute atomic E-state index is 13.8. The Bertz CT molecular complexity index is 1410. The van der Waals surface area contributed by atoms with Crippen LogP contribution in [0.25, 0.3) is 22.5 Å². The summed E-state index contributed by atoms with van der Waals surface area (Å²) in [4.78, 5) is 37.7. The third-order valence-electron chi connectivity index (χ3n) is 7.96. The second kappa shape index (κ2) is 7.96. The molecule has 0 spiro atoms. The number of amides is 3. The van der Waals surface area contributed by atoms with Gasteiger partial charge >= 0.3 is 6.03 Å². The number of carbonyl (C=O) groups excluding carboxylic acids is 2. The number of benzene rings is 2. The van der Waals surface area contributed by atoms with E-state index in [9.17, 15) is 9.59 Å². The standard InChI is InChI=1S/C27H28N8O2/c1-16-28-27(2)23(25(36)34(19-11-12-19)26(37)35(27)20-13-14-20)33(16)15-17-7-9-18(10-8-17)21-5-3-4-6-22(21)24-29-31-32-30-24/h3-10,19-20,23H,11-15H2,1-2H3,(H,29,30,31,32). The van der Waals surface area contributed by atoms with E-state index in [0.29, 0.717) is 12.4 Å². The Hall–Kier alpha value is -4.08. The number of nitrogens with one attached hydrogen (secondary N) is 1. The lowest BCUT2D eigenvalue weighted by molar-refractivity contribution is -0.142. The maximum atomic E-state index is 13.8. The number of nitrogens with zero attached hydrogens (tertiary/aromatic N) is 7. The molecule has 10 heteroatoms. The number of imide groups is 1. The highest BCUT2D eigenvalue weighted by molar-refractivity contribution is 6.05. The normalized spacial score (nSPS) is 25.5. The number of aromatic amines is 1. The van der Waals surface area contributed by atoms with Crippen LogP contribution < -0.4 is 0 Å². The Labute approximate surface area is 214 Å². The fraction of sp³-hybridized carbons (Fsp3) is 0.407. The molecule has 2 aromatic carbocycles. The predicted molar refractivity (Wildman–Crippen MR) is 136 cm³/mol. The van der Waals surface area contributed by atoms with Crippen LogP contribution in [0.5, 0.6) is 0 Å². The molecule has 2 aliphatic carbocycles. The molecule has 1 N–H and O–H groups in total. The number of aromatic nitrogens is 4. The van der Waals surface area contributed by atoms with E-state index in [1.807, 2.05) is 43.0 Å². The third kappa shape index (κ3) is 3.46. The molecule has 2 saturated carbocycles. The van der Waals surface area contributed by atoms with Crippen LogP contribution in [0.2, 0.25) is 0 Å². The number of urea groups is 1. The van der Waals surface area contributed by atoms with E-state index in [0.717, 1.165) is 53.8 Å². The summed E-state index contributed by atoms with van der Waals surface area (Å²) in [6.07, 6.45) is 3.74. The van der Waals surface area contributed by atoms with Gasteiger partial charge in [0.2, 0.25) is 5.82 Å². The lowest BCUT2D eigenvalue weighted by Crippen LogP contribution is -2.72. The zero-order valence-corrected chi connectivity index (χ0v) is 20.8. The fourth-order valence-electron chi connectivity index (χ4n) is 5.95. The van der Waals surface area contributed by atoms with Crippen LogP contribution in [0.1, 0.15) is 45.1 Å². The summed E-state index contributed by atoms with van der Waals surface area (Å²) in [6.45, 7) is 4.44. The number of carbonyl (C=O) groups is 2. The summed E-state index contributed by atoms with van der Waals surface area (Å²) in [5, 5.41) is 14.5. The summed E-state index contributed by atoms with van der Waals surface area (Å²) < 4.78 is 0. The lowest BCUT2D eigenvalue weighted by Gasteiger charge is -2.49. The van der Waals surface area contributed by atoms with Gasteiger partial charge in [-0.3, -0.25) is 14.6 Å². The number of H-pyrrole nitrogens is 1. The fourth-order valence-corrected chi connectivity index (χ4v) is 5.95. The quantitative estimate of drug-likeness (QED) is 0.560.